The minimum Gasteiger partial charge on any atom is -0.465 e. The van der Waals surface area contributed by atoms with Crippen LogP contribution in [0.5, 0.6) is 0 Å². The summed E-state index contributed by atoms with van der Waals surface area (Å²) in [6.45, 7) is 3.46. The van der Waals surface area contributed by atoms with Gasteiger partial charge in [-0.1, -0.05) is 42.1 Å². The van der Waals surface area contributed by atoms with Gasteiger partial charge >= 0.3 is 11.9 Å². The molecule has 0 bridgehead atoms. The zero-order chi connectivity index (χ0) is 23.1. The Hall–Kier alpha value is -3.18. The van der Waals surface area contributed by atoms with Crippen molar-refractivity contribution in [3.63, 3.8) is 0 Å². The van der Waals surface area contributed by atoms with E-state index in [4.69, 9.17) is 9.47 Å². The van der Waals surface area contributed by atoms with Gasteiger partial charge in [-0.3, -0.25) is 9.89 Å². The Bertz CT molecular complexity index is 1110. The average Bonchev–Trinajstić information content (AvgIpc) is 3.36. The number of thiophene rings is 1. The maximum atomic E-state index is 12.5. The predicted molar refractivity (Wildman–Crippen MR) is 121 cm³/mol. The van der Waals surface area contributed by atoms with Crippen molar-refractivity contribution in [3.05, 3.63) is 57.7 Å². The SMILES string of the molecule is CCOC(=O)c1c(NC(=O)CSc2n[nH]c(Cc3ccccc3)n2)sc(C(=O)OC)c1C. The van der Waals surface area contributed by atoms with Crippen LogP contribution in [0.25, 0.3) is 0 Å². The molecular formula is C21H22N4O5S2. The summed E-state index contributed by atoms with van der Waals surface area (Å²) in [5.74, 6) is -0.846. The first-order chi connectivity index (χ1) is 15.4. The number of anilines is 1. The summed E-state index contributed by atoms with van der Waals surface area (Å²) in [6, 6.07) is 9.84. The van der Waals surface area contributed by atoms with Crippen molar-refractivity contribution >= 4 is 45.9 Å². The van der Waals surface area contributed by atoms with Gasteiger partial charge in [-0.2, -0.15) is 0 Å². The third-order valence-corrected chi connectivity index (χ3v) is 6.34. The minimum atomic E-state index is -0.612. The van der Waals surface area contributed by atoms with Crippen LogP contribution in [0.3, 0.4) is 0 Å². The Kier molecular flexibility index (Phi) is 8.01. The van der Waals surface area contributed by atoms with Gasteiger partial charge in [-0.05, 0) is 25.0 Å². The van der Waals surface area contributed by atoms with Gasteiger partial charge in [0.25, 0.3) is 0 Å². The smallest absolute Gasteiger partial charge is 0.348 e. The number of methoxy groups -OCH3 is 1. The number of hydrogen-bond acceptors (Lipinski definition) is 9. The van der Waals surface area contributed by atoms with Gasteiger partial charge in [0.15, 0.2) is 0 Å². The van der Waals surface area contributed by atoms with E-state index in [1.54, 1.807) is 13.8 Å². The molecule has 3 aromatic rings. The first-order valence-corrected chi connectivity index (χ1v) is 11.5. The number of nitrogens with one attached hydrogen (secondary N) is 2. The minimum absolute atomic E-state index is 0.0232. The second-order valence-corrected chi connectivity index (χ2v) is 8.50. The van der Waals surface area contributed by atoms with Gasteiger partial charge < -0.3 is 14.8 Å². The number of amides is 1. The maximum Gasteiger partial charge on any atom is 0.348 e. The molecule has 0 unspecified atom stereocenters. The van der Waals surface area contributed by atoms with E-state index in [9.17, 15) is 14.4 Å². The van der Waals surface area contributed by atoms with Crippen LogP contribution in [0.4, 0.5) is 5.00 Å². The maximum absolute atomic E-state index is 12.5. The quantitative estimate of drug-likeness (QED) is 0.357. The van der Waals surface area contributed by atoms with Crippen molar-refractivity contribution in [1.82, 2.24) is 15.2 Å². The van der Waals surface area contributed by atoms with Crippen molar-refractivity contribution in [2.75, 3.05) is 24.8 Å². The number of ether oxygens (including phenoxy) is 2. The molecule has 0 atom stereocenters. The fourth-order valence-corrected chi connectivity index (χ4v) is 4.59. The number of carbonyl (C=O) groups is 3. The molecule has 1 amide bonds. The summed E-state index contributed by atoms with van der Waals surface area (Å²) >= 11 is 2.13. The zero-order valence-electron chi connectivity index (χ0n) is 17.8. The van der Waals surface area contributed by atoms with Gasteiger partial charge in [0.2, 0.25) is 11.1 Å². The van der Waals surface area contributed by atoms with Crippen LogP contribution in [0.15, 0.2) is 35.5 Å². The van der Waals surface area contributed by atoms with E-state index >= 15 is 0 Å². The number of aromatic amines is 1. The molecule has 0 saturated heterocycles. The Morgan fingerprint density at radius 3 is 2.62 bits per heavy atom. The molecule has 3 rings (SSSR count). The fourth-order valence-electron chi connectivity index (χ4n) is 2.84. The second kappa shape index (κ2) is 10.9. The Balaban J connectivity index is 1.66. The van der Waals surface area contributed by atoms with Crippen molar-refractivity contribution in [3.8, 4) is 0 Å². The van der Waals surface area contributed by atoms with Crippen molar-refractivity contribution in [2.24, 2.45) is 0 Å². The van der Waals surface area contributed by atoms with Crippen LogP contribution in [-0.4, -0.2) is 52.5 Å². The molecular weight excluding hydrogens is 452 g/mol. The molecule has 0 fully saturated rings. The van der Waals surface area contributed by atoms with Gasteiger partial charge in [0.1, 0.15) is 15.7 Å². The highest BCUT2D eigenvalue weighted by molar-refractivity contribution is 7.99. The second-order valence-electron chi connectivity index (χ2n) is 6.54. The molecule has 1 aromatic carbocycles. The number of H-pyrrole nitrogens is 1. The van der Waals surface area contributed by atoms with Crippen LogP contribution < -0.4 is 5.32 Å². The average molecular weight is 475 g/mol. The van der Waals surface area contributed by atoms with Crippen molar-refractivity contribution < 1.29 is 23.9 Å². The number of carbonyl (C=O) groups excluding carboxylic acids is 3. The van der Waals surface area contributed by atoms with Crippen molar-refractivity contribution in [2.45, 2.75) is 25.4 Å². The summed E-state index contributed by atoms with van der Waals surface area (Å²) in [6.07, 6.45) is 0.605. The normalized spacial score (nSPS) is 10.6. The molecule has 168 valence electrons. The van der Waals surface area contributed by atoms with E-state index in [2.05, 4.69) is 20.5 Å². The Labute approximate surface area is 192 Å². The fraction of sp³-hybridized carbons (Fsp3) is 0.286. The Morgan fingerprint density at radius 1 is 1.19 bits per heavy atom. The molecule has 0 aliphatic carbocycles. The number of hydrogen-bond donors (Lipinski definition) is 2. The van der Waals surface area contributed by atoms with Crippen LogP contribution in [-0.2, 0) is 20.7 Å². The van der Waals surface area contributed by atoms with Crippen LogP contribution >= 0.6 is 23.1 Å². The highest BCUT2D eigenvalue weighted by atomic mass is 32.2. The third kappa shape index (κ3) is 5.74. The van der Waals surface area contributed by atoms with E-state index < -0.39 is 11.9 Å². The van der Waals surface area contributed by atoms with Gasteiger partial charge in [-0.25, -0.2) is 14.6 Å². The lowest BCUT2D eigenvalue weighted by Gasteiger charge is -2.06. The molecule has 9 nitrogen and oxygen atoms in total. The largest absolute Gasteiger partial charge is 0.465 e. The summed E-state index contributed by atoms with van der Waals surface area (Å²) in [5.41, 5.74) is 1.65. The number of esters is 2. The summed E-state index contributed by atoms with van der Waals surface area (Å²) in [7, 11) is 1.25. The van der Waals surface area contributed by atoms with Gasteiger partial charge in [0, 0.05) is 6.42 Å². The van der Waals surface area contributed by atoms with E-state index in [1.807, 2.05) is 30.3 Å². The lowest BCUT2D eigenvalue weighted by Crippen LogP contribution is -2.16. The number of thioether (sulfide) groups is 1. The molecule has 0 aliphatic heterocycles. The van der Waals surface area contributed by atoms with Gasteiger partial charge in [-0.15, -0.1) is 16.4 Å². The summed E-state index contributed by atoms with van der Waals surface area (Å²) in [5, 5.41) is 10.4. The molecule has 32 heavy (non-hydrogen) atoms. The number of benzene rings is 1. The van der Waals surface area contributed by atoms with E-state index in [-0.39, 0.29) is 33.7 Å². The number of nitrogens with zero attached hydrogens (tertiary/aromatic N) is 2. The highest BCUT2D eigenvalue weighted by Gasteiger charge is 2.27. The van der Waals surface area contributed by atoms with Gasteiger partial charge in [0.05, 0.1) is 25.0 Å². The Morgan fingerprint density at radius 2 is 1.94 bits per heavy atom. The van der Waals surface area contributed by atoms with Crippen LogP contribution in [0.1, 0.15) is 43.9 Å². The molecule has 2 aromatic heterocycles. The number of aromatic nitrogens is 3. The van der Waals surface area contributed by atoms with E-state index in [1.165, 1.54) is 7.11 Å². The lowest BCUT2D eigenvalue weighted by molar-refractivity contribution is -0.113. The number of rotatable bonds is 9. The topological polar surface area (TPSA) is 123 Å². The van der Waals surface area contributed by atoms with Crippen molar-refractivity contribution in [1.29, 1.82) is 0 Å². The standard InChI is InChI=1S/C21H22N4O5S2/c1-4-30-19(27)16-12(2)17(20(28)29-3)32-18(16)23-15(26)11-31-21-22-14(24-25-21)10-13-8-6-5-7-9-13/h5-9H,4,10-11H2,1-3H3,(H,23,26)(H,22,24,25). The van der Waals surface area contributed by atoms with Crippen LogP contribution in [0, 0.1) is 6.92 Å². The molecule has 11 heteroatoms. The first kappa shape index (κ1) is 23.5. The first-order valence-electron chi connectivity index (χ1n) is 9.69. The molecule has 0 spiro atoms. The van der Waals surface area contributed by atoms with Crippen LogP contribution in [0.2, 0.25) is 0 Å². The lowest BCUT2D eigenvalue weighted by atomic mass is 10.1. The molecule has 2 N–H and O–H groups in total. The molecule has 0 saturated carbocycles. The highest BCUT2D eigenvalue weighted by Crippen LogP contribution is 2.34. The van der Waals surface area contributed by atoms with E-state index in [0.29, 0.717) is 23.0 Å². The summed E-state index contributed by atoms with van der Waals surface area (Å²) in [4.78, 5) is 41.5. The summed E-state index contributed by atoms with van der Waals surface area (Å²) < 4.78 is 9.84. The zero-order valence-corrected chi connectivity index (χ0v) is 19.4. The monoisotopic (exact) mass is 474 g/mol. The third-order valence-electron chi connectivity index (χ3n) is 4.31. The predicted octanol–water partition coefficient (Wildman–Crippen LogP) is 3.46. The molecule has 2 heterocycles. The molecule has 0 aliphatic rings. The molecule has 0 radical (unpaired) electrons. The van der Waals surface area contributed by atoms with E-state index in [0.717, 1.165) is 28.7 Å².